The Morgan fingerprint density at radius 1 is 1.13 bits per heavy atom. The van der Waals surface area contributed by atoms with Crippen LogP contribution in [0.15, 0.2) is 47.0 Å². The lowest BCUT2D eigenvalue weighted by Crippen LogP contribution is -2.26. The van der Waals surface area contributed by atoms with Crippen LogP contribution in [0.4, 0.5) is 5.69 Å². The Hall–Kier alpha value is -3.88. The van der Waals surface area contributed by atoms with Gasteiger partial charge in [0.2, 0.25) is 12.7 Å². The van der Waals surface area contributed by atoms with Gasteiger partial charge in [-0.25, -0.2) is 0 Å². The maximum atomic E-state index is 12.7. The zero-order valence-corrected chi connectivity index (χ0v) is 17.2. The van der Waals surface area contributed by atoms with E-state index >= 15 is 0 Å². The molecule has 0 aliphatic carbocycles. The standard InChI is InChI=1S/C22H22N4O5/c1-3-13(2)20(27)24-16-7-5-4-6-15(16)21(28)23-11-19-25-22(31-26-19)14-8-9-17-18(10-14)30-12-29-17/h4-10,13H,3,11-12H2,1-2H3,(H,23,28)(H,24,27). The molecule has 2 heterocycles. The average Bonchev–Trinajstić information content (AvgIpc) is 3.46. The summed E-state index contributed by atoms with van der Waals surface area (Å²) in [5, 5.41) is 9.49. The Kier molecular flexibility index (Phi) is 5.83. The molecule has 160 valence electrons. The zero-order valence-electron chi connectivity index (χ0n) is 17.2. The van der Waals surface area contributed by atoms with Gasteiger partial charge in [-0.1, -0.05) is 31.1 Å². The number of nitrogens with zero attached hydrogens (tertiary/aromatic N) is 2. The number of nitrogens with one attached hydrogen (secondary N) is 2. The van der Waals surface area contributed by atoms with Crippen molar-refractivity contribution in [1.82, 2.24) is 15.5 Å². The van der Waals surface area contributed by atoms with Crippen molar-refractivity contribution in [3.8, 4) is 23.0 Å². The minimum absolute atomic E-state index is 0.0700. The van der Waals surface area contributed by atoms with E-state index in [-0.39, 0.29) is 31.1 Å². The fourth-order valence-electron chi connectivity index (χ4n) is 2.96. The summed E-state index contributed by atoms with van der Waals surface area (Å²) in [6, 6.07) is 12.2. The molecule has 0 fully saturated rings. The summed E-state index contributed by atoms with van der Waals surface area (Å²) < 4.78 is 15.9. The molecule has 31 heavy (non-hydrogen) atoms. The van der Waals surface area contributed by atoms with E-state index in [4.69, 9.17) is 14.0 Å². The summed E-state index contributed by atoms with van der Waals surface area (Å²) in [6.07, 6.45) is 0.712. The number of carbonyl (C=O) groups excluding carboxylic acids is 2. The van der Waals surface area contributed by atoms with E-state index < -0.39 is 0 Å². The van der Waals surface area contributed by atoms with Crippen molar-refractivity contribution >= 4 is 17.5 Å². The molecule has 9 heteroatoms. The van der Waals surface area contributed by atoms with Crippen LogP contribution in [0.1, 0.15) is 36.5 Å². The monoisotopic (exact) mass is 422 g/mol. The molecule has 4 rings (SSSR count). The third-order valence-corrected chi connectivity index (χ3v) is 4.98. The van der Waals surface area contributed by atoms with E-state index in [1.54, 1.807) is 42.5 Å². The van der Waals surface area contributed by atoms with Gasteiger partial charge in [0.1, 0.15) is 0 Å². The number of hydrogen-bond donors (Lipinski definition) is 2. The first kappa shape index (κ1) is 20.4. The highest BCUT2D eigenvalue weighted by Gasteiger charge is 2.19. The fourth-order valence-corrected chi connectivity index (χ4v) is 2.96. The van der Waals surface area contributed by atoms with Crippen molar-refractivity contribution in [1.29, 1.82) is 0 Å². The van der Waals surface area contributed by atoms with E-state index in [1.807, 2.05) is 13.8 Å². The van der Waals surface area contributed by atoms with Crippen LogP contribution in [-0.2, 0) is 11.3 Å². The number of aromatic nitrogens is 2. The van der Waals surface area contributed by atoms with Gasteiger partial charge >= 0.3 is 0 Å². The first-order valence-electron chi connectivity index (χ1n) is 9.96. The molecule has 2 aromatic carbocycles. The van der Waals surface area contributed by atoms with Crippen molar-refractivity contribution < 1.29 is 23.6 Å². The number of carbonyl (C=O) groups is 2. The zero-order chi connectivity index (χ0) is 21.8. The van der Waals surface area contributed by atoms with Crippen molar-refractivity contribution in [2.45, 2.75) is 26.8 Å². The molecular weight excluding hydrogens is 400 g/mol. The van der Waals surface area contributed by atoms with Crippen LogP contribution >= 0.6 is 0 Å². The molecule has 2 amide bonds. The van der Waals surface area contributed by atoms with Crippen LogP contribution in [0, 0.1) is 5.92 Å². The third kappa shape index (κ3) is 4.50. The van der Waals surface area contributed by atoms with Gasteiger partial charge in [-0.15, -0.1) is 0 Å². The van der Waals surface area contributed by atoms with Gasteiger partial charge in [0, 0.05) is 11.5 Å². The Morgan fingerprint density at radius 2 is 1.94 bits per heavy atom. The number of benzene rings is 2. The minimum atomic E-state index is -0.352. The first-order valence-corrected chi connectivity index (χ1v) is 9.96. The molecule has 0 saturated heterocycles. The second-order valence-corrected chi connectivity index (χ2v) is 7.11. The molecule has 2 N–H and O–H groups in total. The van der Waals surface area contributed by atoms with Gasteiger partial charge < -0.3 is 24.6 Å². The lowest BCUT2D eigenvalue weighted by molar-refractivity contribution is -0.119. The predicted molar refractivity (Wildman–Crippen MR) is 112 cm³/mol. The minimum Gasteiger partial charge on any atom is -0.454 e. The van der Waals surface area contributed by atoms with Gasteiger partial charge in [-0.3, -0.25) is 9.59 Å². The smallest absolute Gasteiger partial charge is 0.258 e. The Labute approximate surface area is 178 Å². The lowest BCUT2D eigenvalue weighted by atomic mass is 10.1. The quantitative estimate of drug-likeness (QED) is 0.600. The summed E-state index contributed by atoms with van der Waals surface area (Å²) in [6.45, 7) is 4.03. The number of rotatable bonds is 7. The molecule has 1 aromatic heterocycles. The van der Waals surface area contributed by atoms with E-state index in [0.717, 1.165) is 0 Å². The summed E-state index contributed by atoms with van der Waals surface area (Å²) in [5.41, 5.74) is 1.51. The first-order chi connectivity index (χ1) is 15.0. The van der Waals surface area contributed by atoms with Gasteiger partial charge in [0.05, 0.1) is 17.8 Å². The molecule has 0 radical (unpaired) electrons. The molecule has 1 unspecified atom stereocenters. The highest BCUT2D eigenvalue weighted by atomic mass is 16.7. The Morgan fingerprint density at radius 3 is 2.77 bits per heavy atom. The molecule has 3 aromatic rings. The van der Waals surface area contributed by atoms with Gasteiger partial charge in [0.15, 0.2) is 17.3 Å². The molecular formula is C22H22N4O5. The molecule has 9 nitrogen and oxygen atoms in total. The number of anilines is 1. The van der Waals surface area contributed by atoms with Crippen LogP contribution < -0.4 is 20.1 Å². The Balaban J connectivity index is 1.41. The molecule has 1 aliphatic rings. The summed E-state index contributed by atoms with van der Waals surface area (Å²) in [4.78, 5) is 29.2. The maximum absolute atomic E-state index is 12.7. The van der Waals surface area contributed by atoms with Crippen LogP contribution in [0.3, 0.4) is 0 Å². The fraction of sp³-hybridized carbons (Fsp3) is 0.273. The topological polar surface area (TPSA) is 116 Å². The van der Waals surface area contributed by atoms with E-state index in [0.29, 0.717) is 46.4 Å². The van der Waals surface area contributed by atoms with Crippen molar-refractivity contribution in [2.24, 2.45) is 5.92 Å². The second-order valence-electron chi connectivity index (χ2n) is 7.11. The van der Waals surface area contributed by atoms with Crippen molar-refractivity contribution in [3.05, 3.63) is 53.9 Å². The molecule has 1 aliphatic heterocycles. The average molecular weight is 422 g/mol. The lowest BCUT2D eigenvalue weighted by Gasteiger charge is -2.13. The highest BCUT2D eigenvalue weighted by molar-refractivity contribution is 6.04. The number of para-hydroxylation sites is 1. The molecule has 0 saturated carbocycles. The second kappa shape index (κ2) is 8.86. The number of fused-ring (bicyclic) bond motifs is 1. The van der Waals surface area contributed by atoms with E-state index in [2.05, 4.69) is 20.8 Å². The van der Waals surface area contributed by atoms with Gasteiger partial charge in [-0.05, 0) is 36.8 Å². The number of hydrogen-bond acceptors (Lipinski definition) is 7. The number of ether oxygens (including phenoxy) is 2. The molecule has 1 atom stereocenters. The normalized spacial score (nSPS) is 13.0. The molecule has 0 spiro atoms. The van der Waals surface area contributed by atoms with Crippen LogP contribution in [0.2, 0.25) is 0 Å². The predicted octanol–water partition coefficient (Wildman–Crippen LogP) is 3.38. The highest BCUT2D eigenvalue weighted by Crippen LogP contribution is 2.35. The Bertz CT molecular complexity index is 1110. The third-order valence-electron chi connectivity index (χ3n) is 4.98. The molecule has 0 bridgehead atoms. The summed E-state index contributed by atoms with van der Waals surface area (Å²) in [5.74, 6) is 1.27. The SMILES string of the molecule is CCC(C)C(=O)Nc1ccccc1C(=O)NCc1noc(-c2ccc3c(c2)OCO3)n1. The van der Waals surface area contributed by atoms with E-state index in [1.165, 1.54) is 0 Å². The summed E-state index contributed by atoms with van der Waals surface area (Å²) >= 11 is 0. The van der Waals surface area contributed by atoms with Crippen LogP contribution in [0.5, 0.6) is 11.5 Å². The number of amides is 2. The van der Waals surface area contributed by atoms with Crippen LogP contribution in [0.25, 0.3) is 11.5 Å². The largest absolute Gasteiger partial charge is 0.454 e. The summed E-state index contributed by atoms with van der Waals surface area (Å²) in [7, 11) is 0. The van der Waals surface area contributed by atoms with Crippen molar-refractivity contribution in [3.63, 3.8) is 0 Å². The van der Waals surface area contributed by atoms with E-state index in [9.17, 15) is 9.59 Å². The van der Waals surface area contributed by atoms with Gasteiger partial charge in [-0.2, -0.15) is 4.98 Å². The van der Waals surface area contributed by atoms with Crippen molar-refractivity contribution in [2.75, 3.05) is 12.1 Å². The van der Waals surface area contributed by atoms with Gasteiger partial charge in [0.25, 0.3) is 11.8 Å². The maximum Gasteiger partial charge on any atom is 0.258 e. The van der Waals surface area contributed by atoms with Crippen LogP contribution in [-0.4, -0.2) is 28.7 Å².